The van der Waals surface area contributed by atoms with Gasteiger partial charge in [-0.05, 0) is 19.1 Å². The van der Waals surface area contributed by atoms with Crippen LogP contribution >= 0.6 is 0 Å². The summed E-state index contributed by atoms with van der Waals surface area (Å²) in [6.45, 7) is 1.83. The Morgan fingerprint density at radius 3 is 2.78 bits per heavy atom. The van der Waals surface area contributed by atoms with Crippen molar-refractivity contribution in [3.8, 4) is 0 Å². The Morgan fingerprint density at radius 2 is 2.13 bits per heavy atom. The van der Waals surface area contributed by atoms with Gasteiger partial charge in [-0.1, -0.05) is 6.08 Å². The van der Waals surface area contributed by atoms with E-state index in [1.165, 1.54) is 0 Å². The lowest BCUT2D eigenvalue weighted by molar-refractivity contribution is -0.140. The highest BCUT2D eigenvalue weighted by atomic mass is 16.5. The number of fused-ring (bicyclic) bond motifs is 2. The molecule has 0 saturated heterocycles. The number of ether oxygens (including phenoxy) is 1. The van der Waals surface area contributed by atoms with Gasteiger partial charge in [0.25, 0.3) is 5.91 Å². The van der Waals surface area contributed by atoms with Crippen molar-refractivity contribution in [1.82, 2.24) is 9.80 Å². The molecule has 0 radical (unpaired) electrons. The van der Waals surface area contributed by atoms with Crippen molar-refractivity contribution in [2.45, 2.75) is 18.9 Å². The minimum absolute atomic E-state index is 0.0652. The maximum Gasteiger partial charge on any atom is 0.343 e. The predicted octanol–water partition coefficient (Wildman–Crippen LogP) is 0.401. The Balaban J connectivity index is 2.19. The van der Waals surface area contributed by atoms with Crippen LogP contribution in [0.4, 0.5) is 0 Å². The van der Waals surface area contributed by atoms with E-state index < -0.39 is 23.2 Å². The summed E-state index contributed by atoms with van der Waals surface area (Å²) in [6, 6.07) is 0. The SMILES string of the molecule is CCOC(=O)C1=C(N(C)C)C2(CC1=O)C(=O)N=C1C=CC=CN12. The largest absolute Gasteiger partial charge is 0.462 e. The molecule has 1 atom stereocenters. The fraction of sp³-hybridized carbons (Fsp3) is 0.375. The van der Waals surface area contributed by atoms with E-state index in [1.54, 1.807) is 55.2 Å². The smallest absolute Gasteiger partial charge is 0.343 e. The number of likely N-dealkylation sites (N-methyl/N-ethyl adjacent to an activating group) is 1. The van der Waals surface area contributed by atoms with Gasteiger partial charge in [-0.2, -0.15) is 4.99 Å². The van der Waals surface area contributed by atoms with Crippen LogP contribution in [0.25, 0.3) is 0 Å². The molecule has 3 rings (SSSR count). The molecule has 2 heterocycles. The highest BCUT2D eigenvalue weighted by Gasteiger charge is 2.60. The molecule has 120 valence electrons. The Kier molecular flexibility index (Phi) is 3.43. The lowest BCUT2D eigenvalue weighted by Crippen LogP contribution is -2.52. The number of nitrogens with zero attached hydrogens (tertiary/aromatic N) is 3. The van der Waals surface area contributed by atoms with E-state index in [0.717, 1.165) is 0 Å². The fourth-order valence-corrected chi connectivity index (χ4v) is 3.27. The summed E-state index contributed by atoms with van der Waals surface area (Å²) in [6.07, 6.45) is 6.81. The normalized spacial score (nSPS) is 25.3. The van der Waals surface area contributed by atoms with Crippen LogP contribution < -0.4 is 0 Å². The van der Waals surface area contributed by atoms with E-state index >= 15 is 0 Å². The minimum atomic E-state index is -1.29. The Labute approximate surface area is 133 Å². The number of carbonyl (C=O) groups is 3. The lowest BCUT2D eigenvalue weighted by atomic mass is 9.92. The van der Waals surface area contributed by atoms with Crippen molar-refractivity contribution in [3.05, 3.63) is 35.7 Å². The molecule has 0 saturated carbocycles. The number of ketones is 1. The molecule has 1 unspecified atom stereocenters. The molecule has 0 aromatic heterocycles. The molecular formula is C16H17N3O4. The fourth-order valence-electron chi connectivity index (χ4n) is 3.27. The van der Waals surface area contributed by atoms with Gasteiger partial charge in [0, 0.05) is 26.7 Å². The molecule has 0 fully saturated rings. The number of hydrogen-bond acceptors (Lipinski definition) is 6. The summed E-state index contributed by atoms with van der Waals surface area (Å²) in [5.74, 6) is -1.08. The third-order valence-corrected chi connectivity index (χ3v) is 4.07. The summed E-state index contributed by atoms with van der Waals surface area (Å²) in [4.78, 5) is 44.8. The topological polar surface area (TPSA) is 79.3 Å². The summed E-state index contributed by atoms with van der Waals surface area (Å²) in [5.41, 5.74) is -1.02. The first-order valence-electron chi connectivity index (χ1n) is 7.33. The van der Waals surface area contributed by atoms with Gasteiger partial charge < -0.3 is 14.5 Å². The van der Waals surface area contributed by atoms with Crippen molar-refractivity contribution in [2.24, 2.45) is 4.99 Å². The molecule has 7 heteroatoms. The third-order valence-electron chi connectivity index (χ3n) is 4.07. The zero-order chi connectivity index (χ0) is 16.8. The summed E-state index contributed by atoms with van der Waals surface area (Å²) in [5, 5.41) is 0. The molecular weight excluding hydrogens is 298 g/mol. The second-order valence-corrected chi connectivity index (χ2v) is 5.64. The number of hydrogen-bond donors (Lipinski definition) is 0. The molecule has 3 aliphatic rings. The third kappa shape index (κ3) is 1.96. The lowest BCUT2D eigenvalue weighted by Gasteiger charge is -2.37. The van der Waals surface area contributed by atoms with Gasteiger partial charge >= 0.3 is 5.97 Å². The second kappa shape index (κ2) is 5.19. The molecule has 1 spiro atoms. The van der Waals surface area contributed by atoms with Crippen molar-refractivity contribution >= 4 is 23.5 Å². The Bertz CT molecular complexity index is 730. The maximum absolute atomic E-state index is 12.7. The number of carbonyl (C=O) groups excluding carboxylic acids is 3. The predicted molar refractivity (Wildman–Crippen MR) is 82.3 cm³/mol. The molecule has 0 N–H and O–H groups in total. The molecule has 0 bridgehead atoms. The Hall–Kier alpha value is -2.70. The average Bonchev–Trinajstić information content (AvgIpc) is 2.96. The van der Waals surface area contributed by atoms with E-state index in [0.29, 0.717) is 11.5 Å². The van der Waals surface area contributed by atoms with Crippen LogP contribution in [0.5, 0.6) is 0 Å². The first-order valence-corrected chi connectivity index (χ1v) is 7.33. The first-order chi connectivity index (χ1) is 10.9. The number of allylic oxidation sites excluding steroid dienone is 2. The highest BCUT2D eigenvalue weighted by Crippen LogP contribution is 2.44. The van der Waals surface area contributed by atoms with Gasteiger partial charge in [0.15, 0.2) is 11.3 Å². The van der Waals surface area contributed by atoms with Gasteiger partial charge in [-0.3, -0.25) is 9.59 Å². The zero-order valence-corrected chi connectivity index (χ0v) is 13.2. The van der Waals surface area contributed by atoms with E-state index in [2.05, 4.69) is 4.99 Å². The molecule has 23 heavy (non-hydrogen) atoms. The summed E-state index contributed by atoms with van der Waals surface area (Å²) in [7, 11) is 3.40. The monoisotopic (exact) mass is 315 g/mol. The molecule has 1 aliphatic carbocycles. The number of Topliss-reactive ketones (excluding diaryl/α,β-unsaturated/α-hetero) is 1. The number of rotatable bonds is 3. The van der Waals surface area contributed by atoms with E-state index in [9.17, 15) is 14.4 Å². The van der Waals surface area contributed by atoms with Gasteiger partial charge in [-0.15, -0.1) is 0 Å². The zero-order valence-electron chi connectivity index (χ0n) is 13.2. The Morgan fingerprint density at radius 1 is 1.39 bits per heavy atom. The highest BCUT2D eigenvalue weighted by molar-refractivity contribution is 6.26. The van der Waals surface area contributed by atoms with Crippen molar-refractivity contribution in [3.63, 3.8) is 0 Å². The molecule has 0 aromatic rings. The van der Waals surface area contributed by atoms with Crippen molar-refractivity contribution in [1.29, 1.82) is 0 Å². The van der Waals surface area contributed by atoms with Crippen LogP contribution in [0.1, 0.15) is 13.3 Å². The van der Waals surface area contributed by atoms with Gasteiger partial charge in [0.1, 0.15) is 11.4 Å². The number of amides is 1. The second-order valence-electron chi connectivity index (χ2n) is 5.64. The quantitative estimate of drug-likeness (QED) is 0.554. The van der Waals surface area contributed by atoms with Crippen LogP contribution in [0.3, 0.4) is 0 Å². The van der Waals surface area contributed by atoms with Crippen molar-refractivity contribution < 1.29 is 19.1 Å². The first kappa shape index (κ1) is 15.2. The molecule has 0 aromatic carbocycles. The molecule has 1 amide bonds. The van der Waals surface area contributed by atoms with E-state index in [-0.39, 0.29) is 18.6 Å². The van der Waals surface area contributed by atoms with E-state index in [4.69, 9.17) is 4.74 Å². The van der Waals surface area contributed by atoms with Crippen LogP contribution in [-0.4, -0.2) is 59.5 Å². The minimum Gasteiger partial charge on any atom is -0.462 e. The standard InChI is InChI=1S/C16H17N3O4/c1-4-23-14(21)12-10(20)9-16(13(12)18(2)3)15(22)17-11-7-5-6-8-19(11)16/h5-8H,4,9H2,1-3H3. The van der Waals surface area contributed by atoms with Gasteiger partial charge in [-0.25, -0.2) is 4.79 Å². The van der Waals surface area contributed by atoms with Crippen LogP contribution in [0.2, 0.25) is 0 Å². The van der Waals surface area contributed by atoms with Crippen LogP contribution in [0, 0.1) is 0 Å². The van der Waals surface area contributed by atoms with Gasteiger partial charge in [0.05, 0.1) is 12.3 Å². The van der Waals surface area contributed by atoms with Crippen LogP contribution in [-0.2, 0) is 19.1 Å². The number of esters is 1. The molecule has 2 aliphatic heterocycles. The number of aliphatic imine (C=N–C) groups is 1. The summed E-state index contributed by atoms with van der Waals surface area (Å²) < 4.78 is 5.01. The molecule has 7 nitrogen and oxygen atoms in total. The van der Waals surface area contributed by atoms with Gasteiger partial charge in [0.2, 0.25) is 0 Å². The van der Waals surface area contributed by atoms with Crippen molar-refractivity contribution in [2.75, 3.05) is 20.7 Å². The summed E-state index contributed by atoms with van der Waals surface area (Å²) >= 11 is 0. The number of amidine groups is 1. The average molecular weight is 315 g/mol. The van der Waals surface area contributed by atoms with Crippen LogP contribution in [0.15, 0.2) is 40.7 Å². The maximum atomic E-state index is 12.7. The van der Waals surface area contributed by atoms with E-state index in [1.807, 2.05) is 0 Å².